The van der Waals surface area contributed by atoms with E-state index in [2.05, 4.69) is 31.1 Å². The van der Waals surface area contributed by atoms with E-state index in [-0.39, 0.29) is 0 Å². The lowest BCUT2D eigenvalue weighted by atomic mass is 10.4. The lowest BCUT2D eigenvalue weighted by Gasteiger charge is -1.97. The largest absolute Gasteiger partial charge is 0.327 e. The first-order valence-electron chi connectivity index (χ1n) is 4.78. The maximum absolute atomic E-state index is 5.07. The first kappa shape index (κ1) is 10.8. The highest BCUT2D eigenvalue weighted by Gasteiger charge is 2.12. The molecule has 3 rings (SSSR count). The van der Waals surface area contributed by atoms with Crippen LogP contribution in [0, 0.1) is 0 Å². The molecule has 0 amide bonds. The summed E-state index contributed by atoms with van der Waals surface area (Å²) in [7, 11) is 0. The predicted octanol–water partition coefficient (Wildman–Crippen LogP) is 2.87. The van der Waals surface area contributed by atoms with Gasteiger partial charge < -0.3 is 4.52 Å². The number of hydrogen-bond donors (Lipinski definition) is 0. The zero-order chi connectivity index (χ0) is 11.8. The van der Waals surface area contributed by atoms with Gasteiger partial charge in [-0.2, -0.15) is 4.98 Å². The molecule has 0 spiro atoms. The van der Waals surface area contributed by atoms with E-state index >= 15 is 0 Å². The predicted molar refractivity (Wildman–Crippen MR) is 68.0 cm³/mol. The van der Waals surface area contributed by atoms with Crippen molar-refractivity contribution in [1.29, 1.82) is 0 Å². The maximum Gasteiger partial charge on any atom is 0.285 e. The molecule has 17 heavy (non-hydrogen) atoms. The molecule has 0 bridgehead atoms. The lowest BCUT2D eigenvalue weighted by Crippen LogP contribution is -1.89. The Morgan fingerprint density at radius 3 is 3.06 bits per heavy atom. The number of hydrogen-bond acceptors (Lipinski definition) is 5. The molecule has 0 N–H and O–H groups in total. The van der Waals surface area contributed by atoms with Crippen molar-refractivity contribution >= 4 is 33.3 Å². The summed E-state index contributed by atoms with van der Waals surface area (Å²) in [5.74, 6) is 0.542. The number of nitrogens with zero attached hydrogens (tertiary/aromatic N) is 4. The van der Waals surface area contributed by atoms with Crippen LogP contribution in [0.15, 0.2) is 38.7 Å². The van der Waals surface area contributed by atoms with Crippen LogP contribution in [-0.4, -0.2) is 25.8 Å². The van der Waals surface area contributed by atoms with Gasteiger partial charge in [0, 0.05) is 10.7 Å². The van der Waals surface area contributed by atoms with Gasteiger partial charge in [-0.1, -0.05) is 16.9 Å². The van der Waals surface area contributed by atoms with Gasteiger partial charge in [0.05, 0.1) is 6.20 Å². The summed E-state index contributed by atoms with van der Waals surface area (Å²) >= 11 is 4.84. The number of halogens is 1. The highest BCUT2D eigenvalue weighted by atomic mass is 79.9. The van der Waals surface area contributed by atoms with Crippen molar-refractivity contribution in [3.8, 4) is 11.5 Å². The van der Waals surface area contributed by atoms with Gasteiger partial charge in [-0.25, -0.2) is 4.98 Å². The molecule has 3 aromatic rings. The van der Waals surface area contributed by atoms with Crippen LogP contribution in [0.5, 0.6) is 0 Å². The van der Waals surface area contributed by atoms with Gasteiger partial charge in [-0.3, -0.25) is 4.40 Å². The molecule has 0 saturated heterocycles. The fourth-order valence-corrected chi connectivity index (χ4v) is 2.14. The Morgan fingerprint density at radius 1 is 1.41 bits per heavy atom. The van der Waals surface area contributed by atoms with Crippen molar-refractivity contribution in [2.45, 2.75) is 5.22 Å². The smallest absolute Gasteiger partial charge is 0.285 e. The molecule has 0 aliphatic heterocycles. The number of imidazole rings is 1. The Bertz CT molecular complexity index is 678. The molecule has 0 aromatic carbocycles. The highest BCUT2D eigenvalue weighted by molar-refractivity contribution is 9.10. The molecule has 0 unspecified atom stereocenters. The monoisotopic (exact) mass is 310 g/mol. The molecule has 3 aromatic heterocycles. The quantitative estimate of drug-likeness (QED) is 0.681. The second-order valence-corrected chi connectivity index (χ2v) is 4.98. The Morgan fingerprint density at radius 2 is 2.29 bits per heavy atom. The minimum atomic E-state index is 0.542. The second-order valence-electron chi connectivity index (χ2n) is 3.31. The zero-order valence-corrected chi connectivity index (χ0v) is 11.2. The van der Waals surface area contributed by atoms with Gasteiger partial charge in [0.25, 0.3) is 5.22 Å². The van der Waals surface area contributed by atoms with Crippen LogP contribution in [0.2, 0.25) is 0 Å². The lowest BCUT2D eigenvalue weighted by molar-refractivity contribution is 0.341. The number of thioether (sulfide) groups is 1. The molecule has 0 radical (unpaired) electrons. The summed E-state index contributed by atoms with van der Waals surface area (Å²) in [6.07, 6.45) is 5.55. The molecule has 5 nitrogen and oxygen atoms in total. The van der Waals surface area contributed by atoms with Gasteiger partial charge in [0.15, 0.2) is 0 Å². The van der Waals surface area contributed by atoms with E-state index in [1.54, 1.807) is 6.20 Å². The van der Waals surface area contributed by atoms with E-state index in [0.717, 1.165) is 15.8 Å². The van der Waals surface area contributed by atoms with Gasteiger partial charge in [0.1, 0.15) is 11.3 Å². The first-order valence-corrected chi connectivity index (χ1v) is 6.80. The van der Waals surface area contributed by atoms with Crippen LogP contribution < -0.4 is 0 Å². The van der Waals surface area contributed by atoms with E-state index in [1.807, 2.05) is 29.0 Å². The van der Waals surface area contributed by atoms with Gasteiger partial charge in [-0.15, -0.1) is 0 Å². The molecule has 86 valence electrons. The number of pyridine rings is 1. The fraction of sp³-hybridized carbons (Fsp3) is 0.100. The fourth-order valence-electron chi connectivity index (χ4n) is 1.52. The van der Waals surface area contributed by atoms with Crippen molar-refractivity contribution in [2.75, 3.05) is 6.26 Å². The highest BCUT2D eigenvalue weighted by Crippen LogP contribution is 2.22. The van der Waals surface area contributed by atoms with Gasteiger partial charge in [0.2, 0.25) is 5.82 Å². The van der Waals surface area contributed by atoms with Crippen LogP contribution in [0.1, 0.15) is 0 Å². The first-order chi connectivity index (χ1) is 8.28. The Labute approximate surface area is 109 Å². The Kier molecular flexibility index (Phi) is 2.64. The average molecular weight is 311 g/mol. The normalized spacial score (nSPS) is 11.2. The van der Waals surface area contributed by atoms with Crippen LogP contribution in [-0.2, 0) is 0 Å². The van der Waals surface area contributed by atoms with Crippen molar-refractivity contribution in [1.82, 2.24) is 19.5 Å². The molecule has 0 aliphatic carbocycles. The van der Waals surface area contributed by atoms with Crippen LogP contribution in [0.3, 0.4) is 0 Å². The van der Waals surface area contributed by atoms with Crippen LogP contribution >= 0.6 is 27.7 Å². The Hall–Kier alpha value is -1.34. The summed E-state index contributed by atoms with van der Waals surface area (Å²) in [5.41, 5.74) is 1.66. The van der Waals surface area contributed by atoms with E-state index in [0.29, 0.717) is 11.0 Å². The molecule has 0 fully saturated rings. The minimum absolute atomic E-state index is 0.542. The van der Waals surface area contributed by atoms with Gasteiger partial charge >= 0.3 is 0 Å². The van der Waals surface area contributed by atoms with E-state index < -0.39 is 0 Å². The third-order valence-corrected chi connectivity index (χ3v) is 3.26. The topological polar surface area (TPSA) is 56.2 Å². The zero-order valence-electron chi connectivity index (χ0n) is 8.79. The summed E-state index contributed by atoms with van der Waals surface area (Å²) in [4.78, 5) is 8.54. The average Bonchev–Trinajstić information content (AvgIpc) is 2.93. The molecule has 0 atom stereocenters. The van der Waals surface area contributed by atoms with E-state index in [9.17, 15) is 0 Å². The molecular formula is C10H7BrN4OS. The molecule has 0 saturated carbocycles. The SMILES string of the molecule is CSc1nc(-c2cnc3ccc(Br)cn23)no1. The van der Waals surface area contributed by atoms with Crippen molar-refractivity contribution in [2.24, 2.45) is 0 Å². The number of rotatable bonds is 2. The third-order valence-electron chi connectivity index (χ3n) is 2.28. The number of aromatic nitrogens is 4. The van der Waals surface area contributed by atoms with E-state index in [4.69, 9.17) is 4.52 Å². The second kappa shape index (κ2) is 4.15. The Balaban J connectivity index is 2.19. The molecule has 0 aliphatic rings. The summed E-state index contributed by atoms with van der Waals surface area (Å²) < 4.78 is 7.95. The van der Waals surface area contributed by atoms with Crippen molar-refractivity contribution < 1.29 is 4.52 Å². The molecule has 3 heterocycles. The third kappa shape index (κ3) is 1.85. The summed E-state index contributed by atoms with van der Waals surface area (Å²) in [6, 6.07) is 3.86. The minimum Gasteiger partial charge on any atom is -0.327 e. The van der Waals surface area contributed by atoms with Crippen LogP contribution in [0.4, 0.5) is 0 Å². The maximum atomic E-state index is 5.07. The van der Waals surface area contributed by atoms with Crippen LogP contribution in [0.25, 0.3) is 17.2 Å². The standard InChI is InChI=1S/C10H7BrN4OS/c1-17-10-13-9(14-16-10)7-4-12-8-3-2-6(11)5-15(7)8/h2-5H,1H3. The molecule has 7 heteroatoms. The van der Waals surface area contributed by atoms with E-state index in [1.165, 1.54) is 11.8 Å². The van der Waals surface area contributed by atoms with Crippen molar-refractivity contribution in [3.63, 3.8) is 0 Å². The van der Waals surface area contributed by atoms with Gasteiger partial charge in [-0.05, 0) is 34.3 Å². The molecular weight excluding hydrogens is 304 g/mol. The number of fused-ring (bicyclic) bond motifs is 1. The summed E-state index contributed by atoms with van der Waals surface area (Å²) in [6.45, 7) is 0. The summed E-state index contributed by atoms with van der Waals surface area (Å²) in [5, 5.41) is 4.47. The van der Waals surface area contributed by atoms with Crippen molar-refractivity contribution in [3.05, 3.63) is 29.0 Å².